The Labute approximate surface area is 203 Å². The molecule has 1 aromatic heterocycles. The highest BCUT2D eigenvalue weighted by atomic mass is 19.1. The molecule has 12 heteroatoms. The summed E-state index contributed by atoms with van der Waals surface area (Å²) in [5, 5.41) is 11.1. The van der Waals surface area contributed by atoms with Gasteiger partial charge < -0.3 is 29.2 Å². The molecule has 0 radical (unpaired) electrons. The molecule has 36 heavy (non-hydrogen) atoms. The maximum atomic E-state index is 14.5. The lowest BCUT2D eigenvalue weighted by Gasteiger charge is -2.28. The van der Waals surface area contributed by atoms with E-state index in [1.165, 1.54) is 31.4 Å². The van der Waals surface area contributed by atoms with Gasteiger partial charge >= 0.3 is 0 Å². The Balaban J connectivity index is 1.47. The number of aromatic nitrogens is 2. The molecule has 0 aliphatic carbocycles. The fourth-order valence-corrected chi connectivity index (χ4v) is 3.58. The first-order valence-electron chi connectivity index (χ1n) is 11.0. The van der Waals surface area contributed by atoms with Crippen molar-refractivity contribution in [1.29, 1.82) is 5.26 Å². The van der Waals surface area contributed by atoms with Gasteiger partial charge in [-0.1, -0.05) is 6.07 Å². The lowest BCUT2D eigenvalue weighted by atomic mass is 10.2. The first-order chi connectivity index (χ1) is 17.4. The van der Waals surface area contributed by atoms with Gasteiger partial charge in [-0.15, -0.1) is 0 Å². The molecule has 2 unspecified atom stereocenters. The van der Waals surface area contributed by atoms with Gasteiger partial charge in [0.05, 0.1) is 44.4 Å². The number of ether oxygens (including phenoxy) is 4. The number of benzene rings is 2. The Morgan fingerprint density at radius 3 is 2.69 bits per heavy atom. The number of amides is 1. The highest BCUT2D eigenvalue weighted by Gasteiger charge is 2.24. The summed E-state index contributed by atoms with van der Waals surface area (Å²) in [7, 11) is 1.33. The lowest BCUT2D eigenvalue weighted by Crippen LogP contribution is -2.38. The SMILES string of the molecule is COc1cc(CNC(=O)c2nc3ccc(F)c(OCC4COC(CC#N)CO4)c3c(=O)[nH]2)ccc1F. The molecule has 2 aromatic carbocycles. The maximum Gasteiger partial charge on any atom is 0.287 e. The third-order valence-electron chi connectivity index (χ3n) is 5.43. The summed E-state index contributed by atoms with van der Waals surface area (Å²) in [5.41, 5.74) is -0.146. The number of aromatic amines is 1. The van der Waals surface area contributed by atoms with Gasteiger partial charge in [-0.3, -0.25) is 9.59 Å². The van der Waals surface area contributed by atoms with Crippen molar-refractivity contribution in [2.75, 3.05) is 26.9 Å². The summed E-state index contributed by atoms with van der Waals surface area (Å²) in [6, 6.07) is 8.47. The maximum absolute atomic E-state index is 14.5. The summed E-state index contributed by atoms with van der Waals surface area (Å²) in [6.45, 7) is 0.272. The molecule has 0 spiro atoms. The number of nitrogens with one attached hydrogen (secondary N) is 2. The molecule has 188 valence electrons. The fraction of sp³-hybridized carbons (Fsp3) is 0.333. The number of H-pyrrole nitrogens is 1. The third kappa shape index (κ3) is 5.59. The van der Waals surface area contributed by atoms with E-state index in [0.717, 1.165) is 6.07 Å². The highest BCUT2D eigenvalue weighted by Crippen LogP contribution is 2.26. The Hall–Kier alpha value is -4.08. The second kappa shape index (κ2) is 11.1. The molecule has 3 aromatic rings. The topological polar surface area (TPSA) is 136 Å². The van der Waals surface area contributed by atoms with E-state index in [2.05, 4.69) is 15.3 Å². The predicted molar refractivity (Wildman–Crippen MR) is 122 cm³/mol. The van der Waals surface area contributed by atoms with Crippen LogP contribution in [0, 0.1) is 23.0 Å². The summed E-state index contributed by atoms with van der Waals surface area (Å²) in [6.07, 6.45) is -0.653. The van der Waals surface area contributed by atoms with Gasteiger partial charge in [0.25, 0.3) is 11.5 Å². The molecular weight excluding hydrogens is 478 g/mol. The van der Waals surface area contributed by atoms with E-state index >= 15 is 0 Å². The van der Waals surface area contributed by atoms with Crippen molar-refractivity contribution in [2.24, 2.45) is 0 Å². The summed E-state index contributed by atoms with van der Waals surface area (Å²) < 4.78 is 49.7. The molecular formula is C24H22F2N4O6. The molecule has 1 fully saturated rings. The van der Waals surface area contributed by atoms with Crippen LogP contribution in [0.25, 0.3) is 10.9 Å². The summed E-state index contributed by atoms with van der Waals surface area (Å²) >= 11 is 0. The lowest BCUT2D eigenvalue weighted by molar-refractivity contribution is -0.140. The zero-order valence-electron chi connectivity index (χ0n) is 19.2. The molecule has 1 aliphatic heterocycles. The molecule has 2 atom stereocenters. The van der Waals surface area contributed by atoms with Crippen molar-refractivity contribution in [3.05, 3.63) is 63.7 Å². The molecule has 1 saturated heterocycles. The molecule has 2 N–H and O–H groups in total. The number of carbonyl (C=O) groups is 1. The molecule has 0 bridgehead atoms. The van der Waals surface area contributed by atoms with Crippen molar-refractivity contribution in [1.82, 2.24) is 15.3 Å². The van der Waals surface area contributed by atoms with Crippen LogP contribution >= 0.6 is 0 Å². The predicted octanol–water partition coefficient (Wildman–Crippen LogP) is 2.22. The quantitative estimate of drug-likeness (QED) is 0.481. The molecule has 1 aliphatic rings. The number of fused-ring (bicyclic) bond motifs is 1. The number of nitriles is 1. The van der Waals surface area contributed by atoms with Crippen molar-refractivity contribution in [2.45, 2.75) is 25.2 Å². The first-order valence-corrected chi connectivity index (χ1v) is 11.0. The number of hydrogen-bond acceptors (Lipinski definition) is 8. The van der Waals surface area contributed by atoms with E-state index in [-0.39, 0.29) is 67.1 Å². The van der Waals surface area contributed by atoms with Gasteiger partial charge in [-0.25, -0.2) is 13.8 Å². The van der Waals surface area contributed by atoms with Gasteiger partial charge in [0.1, 0.15) is 18.1 Å². The number of rotatable bonds is 8. The van der Waals surface area contributed by atoms with Crippen LogP contribution in [0.5, 0.6) is 11.5 Å². The Morgan fingerprint density at radius 1 is 1.22 bits per heavy atom. The van der Waals surface area contributed by atoms with Crippen LogP contribution in [0.1, 0.15) is 22.6 Å². The van der Waals surface area contributed by atoms with E-state index in [4.69, 9.17) is 24.2 Å². The Bertz CT molecular complexity index is 1370. The van der Waals surface area contributed by atoms with Gasteiger partial charge in [-0.05, 0) is 29.8 Å². The Morgan fingerprint density at radius 2 is 1.97 bits per heavy atom. The second-order valence-corrected chi connectivity index (χ2v) is 7.92. The standard InChI is InChI=1S/C24H22F2N4O6/c1-33-19-8-13(2-3-16(19)25)9-28-24(32)22-29-18-5-4-17(26)21(20(18)23(31)30-22)36-12-15-11-34-14(6-7-27)10-35-15/h2-5,8,14-15H,6,9-12H2,1H3,(H,28,32)(H,29,30,31). The third-order valence-corrected chi connectivity index (χ3v) is 5.43. The average Bonchev–Trinajstić information content (AvgIpc) is 2.88. The van der Waals surface area contributed by atoms with Gasteiger partial charge in [-0.2, -0.15) is 5.26 Å². The minimum absolute atomic E-state index is 0.0215. The van der Waals surface area contributed by atoms with E-state index in [1.54, 1.807) is 0 Å². The fourth-order valence-electron chi connectivity index (χ4n) is 3.58. The van der Waals surface area contributed by atoms with Gasteiger partial charge in [0.2, 0.25) is 0 Å². The van der Waals surface area contributed by atoms with Crippen LogP contribution in [0.3, 0.4) is 0 Å². The van der Waals surface area contributed by atoms with Crippen LogP contribution in [0.15, 0.2) is 35.1 Å². The number of halogens is 2. The minimum Gasteiger partial charge on any atom is -0.494 e. The van der Waals surface area contributed by atoms with Crippen LogP contribution in [0.4, 0.5) is 8.78 Å². The van der Waals surface area contributed by atoms with E-state index < -0.39 is 29.2 Å². The van der Waals surface area contributed by atoms with E-state index in [0.29, 0.717) is 5.56 Å². The minimum atomic E-state index is -0.781. The number of methoxy groups -OCH3 is 1. The normalized spacial score (nSPS) is 17.4. The summed E-state index contributed by atoms with van der Waals surface area (Å²) in [5.74, 6) is -2.59. The smallest absolute Gasteiger partial charge is 0.287 e. The monoisotopic (exact) mass is 500 g/mol. The molecule has 4 rings (SSSR count). The number of hydrogen-bond donors (Lipinski definition) is 2. The molecule has 10 nitrogen and oxygen atoms in total. The van der Waals surface area contributed by atoms with Gasteiger partial charge in [0, 0.05) is 6.54 Å². The van der Waals surface area contributed by atoms with Crippen LogP contribution in [-0.2, 0) is 16.0 Å². The van der Waals surface area contributed by atoms with Crippen molar-refractivity contribution in [3.63, 3.8) is 0 Å². The van der Waals surface area contributed by atoms with Crippen LogP contribution in [-0.4, -0.2) is 55.0 Å². The largest absolute Gasteiger partial charge is 0.494 e. The average molecular weight is 500 g/mol. The molecule has 0 saturated carbocycles. The second-order valence-electron chi connectivity index (χ2n) is 7.92. The first kappa shape index (κ1) is 25.0. The molecule has 2 heterocycles. The van der Waals surface area contributed by atoms with E-state index in [1.807, 2.05) is 6.07 Å². The number of carbonyl (C=O) groups excluding carboxylic acids is 1. The van der Waals surface area contributed by atoms with E-state index in [9.17, 15) is 18.4 Å². The Kier molecular flexibility index (Phi) is 7.72. The highest BCUT2D eigenvalue weighted by molar-refractivity contribution is 5.93. The van der Waals surface area contributed by atoms with Crippen molar-refractivity contribution < 1.29 is 32.5 Å². The van der Waals surface area contributed by atoms with Crippen LogP contribution < -0.4 is 20.3 Å². The van der Waals surface area contributed by atoms with Gasteiger partial charge in [0.15, 0.2) is 29.0 Å². The van der Waals surface area contributed by atoms with Crippen molar-refractivity contribution in [3.8, 4) is 17.6 Å². The van der Waals surface area contributed by atoms with Crippen molar-refractivity contribution >= 4 is 16.8 Å². The zero-order chi connectivity index (χ0) is 25.7. The summed E-state index contributed by atoms with van der Waals surface area (Å²) in [4.78, 5) is 31.8. The number of nitrogens with zero attached hydrogens (tertiary/aromatic N) is 2. The zero-order valence-corrected chi connectivity index (χ0v) is 19.2. The van der Waals surface area contributed by atoms with Crippen LogP contribution in [0.2, 0.25) is 0 Å². The molecule has 1 amide bonds.